The van der Waals surface area contributed by atoms with E-state index in [4.69, 9.17) is 17.1 Å². The highest BCUT2D eigenvalue weighted by molar-refractivity contribution is 7.71. The van der Waals surface area contributed by atoms with Crippen LogP contribution in [0.5, 0.6) is 0 Å². The summed E-state index contributed by atoms with van der Waals surface area (Å²) in [5.74, 6) is -0.366. The second-order valence-electron chi connectivity index (χ2n) is 4.70. The first-order valence-electron chi connectivity index (χ1n) is 5.13. The van der Waals surface area contributed by atoms with Crippen LogP contribution in [-0.4, -0.2) is 16.4 Å². The van der Waals surface area contributed by atoms with Crippen molar-refractivity contribution < 1.29 is 14.0 Å². The Hall–Kier alpha value is -1.23. The van der Waals surface area contributed by atoms with E-state index in [1.165, 1.54) is 4.73 Å². The van der Waals surface area contributed by atoms with E-state index in [1.807, 2.05) is 0 Å². The maximum atomic E-state index is 13.3. The minimum Gasteiger partial charge on any atom is -0.335 e. The zero-order chi connectivity index (χ0) is 11.4. The van der Waals surface area contributed by atoms with Gasteiger partial charge in [0.1, 0.15) is 10.3 Å². The molecule has 1 aromatic rings. The highest BCUT2D eigenvalue weighted by Crippen LogP contribution is 2.69. The molecule has 3 saturated carbocycles. The summed E-state index contributed by atoms with van der Waals surface area (Å²) >= 11 is 4.99. The van der Waals surface area contributed by atoms with Crippen molar-refractivity contribution in [3.8, 4) is 0 Å². The molecule has 2 bridgehead atoms. The fourth-order valence-electron chi connectivity index (χ4n) is 2.55. The molecule has 1 heterocycles. The number of hydrogen-bond acceptors (Lipinski definition) is 3. The molecule has 0 amide bonds. The number of rotatable bonds is 2. The van der Waals surface area contributed by atoms with Crippen LogP contribution < -0.4 is 4.84 Å². The maximum absolute atomic E-state index is 13.3. The molecule has 1 aromatic heterocycles. The maximum Gasteiger partial charge on any atom is 0.339 e. The van der Waals surface area contributed by atoms with Crippen LogP contribution in [0.4, 0.5) is 4.39 Å². The van der Waals surface area contributed by atoms with Crippen molar-refractivity contribution in [3.63, 3.8) is 0 Å². The Kier molecular flexibility index (Phi) is 1.81. The van der Waals surface area contributed by atoms with Gasteiger partial charge in [0.25, 0.3) is 0 Å². The molecule has 0 N–H and O–H groups in total. The molecule has 4 rings (SSSR count). The zero-order valence-corrected chi connectivity index (χ0v) is 9.30. The van der Waals surface area contributed by atoms with E-state index in [0.717, 1.165) is 0 Å². The number of hydrogen-bond donors (Lipinski definition) is 0. The minimum absolute atomic E-state index is 0.305. The van der Waals surface area contributed by atoms with Gasteiger partial charge in [-0.15, -0.1) is 0 Å². The molecule has 84 valence electrons. The van der Waals surface area contributed by atoms with E-state index in [1.54, 1.807) is 24.4 Å². The SMILES string of the molecule is O=C(On1ccccc1=S)C12CC(F)(C1)C2. The van der Waals surface area contributed by atoms with E-state index in [-0.39, 0.29) is 5.97 Å². The molecule has 0 aliphatic heterocycles. The monoisotopic (exact) mass is 239 g/mol. The highest BCUT2D eigenvalue weighted by Gasteiger charge is 2.74. The molecule has 0 aromatic carbocycles. The summed E-state index contributed by atoms with van der Waals surface area (Å²) in [6.45, 7) is 0. The first kappa shape index (κ1) is 9.96. The molecule has 0 atom stereocenters. The van der Waals surface area contributed by atoms with E-state index in [9.17, 15) is 9.18 Å². The first-order valence-corrected chi connectivity index (χ1v) is 5.53. The normalized spacial score (nSPS) is 34.8. The van der Waals surface area contributed by atoms with Crippen molar-refractivity contribution in [2.24, 2.45) is 5.41 Å². The number of halogens is 1. The van der Waals surface area contributed by atoms with Gasteiger partial charge in [-0.05, 0) is 31.4 Å². The zero-order valence-electron chi connectivity index (χ0n) is 8.48. The number of carbonyl (C=O) groups excluding carboxylic acids is 1. The van der Waals surface area contributed by atoms with Gasteiger partial charge in [-0.2, -0.15) is 4.73 Å². The lowest BCUT2D eigenvalue weighted by Gasteiger charge is -2.63. The minimum atomic E-state index is -1.09. The van der Waals surface area contributed by atoms with Gasteiger partial charge >= 0.3 is 5.97 Å². The predicted molar refractivity (Wildman–Crippen MR) is 57.0 cm³/mol. The molecule has 3 fully saturated rings. The van der Waals surface area contributed by atoms with Gasteiger partial charge in [0.15, 0.2) is 0 Å². The third-order valence-electron chi connectivity index (χ3n) is 3.37. The Morgan fingerprint density at radius 2 is 2.12 bits per heavy atom. The lowest BCUT2D eigenvalue weighted by Crippen LogP contribution is -2.69. The van der Waals surface area contributed by atoms with Gasteiger partial charge in [-0.25, -0.2) is 9.18 Å². The fourth-order valence-corrected chi connectivity index (χ4v) is 2.73. The quantitative estimate of drug-likeness (QED) is 0.740. The first-order chi connectivity index (χ1) is 7.53. The van der Waals surface area contributed by atoms with Crippen LogP contribution in [0.3, 0.4) is 0 Å². The molecule has 5 heteroatoms. The van der Waals surface area contributed by atoms with Crippen molar-refractivity contribution >= 4 is 18.2 Å². The van der Waals surface area contributed by atoms with Crippen molar-refractivity contribution in [1.29, 1.82) is 0 Å². The van der Waals surface area contributed by atoms with E-state index < -0.39 is 11.1 Å². The molecule has 3 aliphatic carbocycles. The van der Waals surface area contributed by atoms with Crippen LogP contribution in [-0.2, 0) is 4.79 Å². The van der Waals surface area contributed by atoms with Crippen LogP contribution in [0.15, 0.2) is 24.4 Å². The van der Waals surface area contributed by atoms with E-state index >= 15 is 0 Å². The molecular weight excluding hydrogens is 229 g/mol. The average molecular weight is 239 g/mol. The van der Waals surface area contributed by atoms with E-state index in [2.05, 4.69) is 0 Å². The van der Waals surface area contributed by atoms with Gasteiger partial charge in [-0.3, -0.25) is 0 Å². The van der Waals surface area contributed by atoms with Gasteiger partial charge in [0, 0.05) is 6.20 Å². The smallest absolute Gasteiger partial charge is 0.335 e. The van der Waals surface area contributed by atoms with Crippen LogP contribution in [0.25, 0.3) is 0 Å². The second kappa shape index (κ2) is 2.91. The van der Waals surface area contributed by atoms with Crippen molar-refractivity contribution in [1.82, 2.24) is 4.73 Å². The van der Waals surface area contributed by atoms with Gasteiger partial charge in [-0.1, -0.05) is 18.3 Å². The van der Waals surface area contributed by atoms with E-state index in [0.29, 0.717) is 23.9 Å². The third kappa shape index (κ3) is 1.24. The summed E-state index contributed by atoms with van der Waals surface area (Å²) in [4.78, 5) is 16.9. The van der Waals surface area contributed by atoms with Crippen molar-refractivity contribution in [3.05, 3.63) is 29.0 Å². The summed E-state index contributed by atoms with van der Waals surface area (Å²) in [7, 11) is 0. The molecule has 0 saturated heterocycles. The van der Waals surface area contributed by atoms with Crippen LogP contribution >= 0.6 is 12.2 Å². The summed E-state index contributed by atoms with van der Waals surface area (Å²) in [5, 5.41) is 0. The number of nitrogens with zero attached hydrogens (tertiary/aromatic N) is 1. The van der Waals surface area contributed by atoms with Crippen LogP contribution in [0.2, 0.25) is 0 Å². The molecular formula is C11H10FNO2S. The average Bonchev–Trinajstić information content (AvgIpc) is 2.15. The Bertz CT molecular complexity index is 505. The molecule has 3 nitrogen and oxygen atoms in total. The topological polar surface area (TPSA) is 31.2 Å². The predicted octanol–water partition coefficient (Wildman–Crippen LogP) is 2.06. The lowest BCUT2D eigenvalue weighted by molar-refractivity contribution is -0.232. The number of aromatic nitrogens is 1. The van der Waals surface area contributed by atoms with Crippen molar-refractivity contribution in [2.75, 3.05) is 0 Å². The molecule has 16 heavy (non-hydrogen) atoms. The molecule has 0 spiro atoms. The largest absolute Gasteiger partial charge is 0.339 e. The Morgan fingerprint density at radius 3 is 2.69 bits per heavy atom. The number of carbonyl (C=O) groups is 1. The number of pyridine rings is 1. The Morgan fingerprint density at radius 1 is 1.44 bits per heavy atom. The van der Waals surface area contributed by atoms with Crippen LogP contribution in [0, 0.1) is 10.1 Å². The fraction of sp³-hybridized carbons (Fsp3) is 0.455. The Balaban J connectivity index is 1.75. The lowest BCUT2D eigenvalue weighted by atomic mass is 9.42. The summed E-state index contributed by atoms with van der Waals surface area (Å²) in [6.07, 6.45) is 2.49. The van der Waals surface area contributed by atoms with Gasteiger partial charge in [0.2, 0.25) is 0 Å². The van der Waals surface area contributed by atoms with Gasteiger partial charge < -0.3 is 4.84 Å². The second-order valence-corrected chi connectivity index (χ2v) is 5.12. The van der Waals surface area contributed by atoms with Gasteiger partial charge in [0.05, 0.1) is 5.41 Å². The highest BCUT2D eigenvalue weighted by atomic mass is 32.1. The van der Waals surface area contributed by atoms with Crippen LogP contribution in [0.1, 0.15) is 19.3 Å². The Labute approximate surface area is 96.8 Å². The summed E-state index contributed by atoms with van der Waals surface area (Å²) < 4.78 is 14.9. The molecule has 3 aliphatic rings. The third-order valence-corrected chi connectivity index (χ3v) is 3.68. The van der Waals surface area contributed by atoms with Crippen molar-refractivity contribution in [2.45, 2.75) is 24.9 Å². The summed E-state index contributed by atoms with van der Waals surface area (Å²) in [5.41, 5.74) is -1.66. The molecule has 0 radical (unpaired) electrons. The summed E-state index contributed by atoms with van der Waals surface area (Å²) in [6, 6.07) is 5.16. The molecule has 0 unspecified atom stereocenters. The number of alkyl halides is 1. The standard InChI is InChI=1S/C11H10FNO2S/c12-11-5-10(6-11,7-11)9(14)15-13-4-2-1-3-8(13)16/h1-4H,5-7H2.